The van der Waals surface area contributed by atoms with Gasteiger partial charge in [0.1, 0.15) is 0 Å². The zero-order valence-corrected chi connectivity index (χ0v) is 17.4. The second-order valence-corrected chi connectivity index (χ2v) is 6.87. The Bertz CT molecular complexity index is 923. The molecule has 5 nitrogen and oxygen atoms in total. The first-order valence-corrected chi connectivity index (χ1v) is 9.35. The average molecular weight is 477 g/mol. The number of benzene rings is 2. The molecule has 0 heterocycles. The lowest BCUT2D eigenvalue weighted by Crippen LogP contribution is -2.23. The number of rotatable bonds is 6. The van der Waals surface area contributed by atoms with Gasteiger partial charge in [0.25, 0.3) is 0 Å². The van der Waals surface area contributed by atoms with E-state index in [1.165, 1.54) is 6.92 Å². The van der Waals surface area contributed by atoms with Crippen LogP contribution in [-0.2, 0) is 21.9 Å². The highest BCUT2D eigenvalue weighted by atomic mass is 19.4. The van der Waals surface area contributed by atoms with Gasteiger partial charge in [0.2, 0.25) is 0 Å². The molecule has 11 heteroatoms. The van der Waals surface area contributed by atoms with Crippen LogP contribution < -0.4 is 5.32 Å². The third kappa shape index (κ3) is 9.77. The summed E-state index contributed by atoms with van der Waals surface area (Å²) in [6, 6.07) is 9.82. The van der Waals surface area contributed by atoms with Crippen LogP contribution in [0.5, 0.6) is 0 Å². The summed E-state index contributed by atoms with van der Waals surface area (Å²) in [5.74, 6) is -2.51. The Hall–Kier alpha value is -3.34. The highest BCUT2D eigenvalue weighted by Gasteiger charge is 2.37. The fourth-order valence-electron chi connectivity index (χ4n) is 2.68. The van der Waals surface area contributed by atoms with E-state index in [9.17, 15) is 35.9 Å². The Labute approximate surface area is 185 Å². The molecular weight excluding hydrogens is 456 g/mol. The Balaban J connectivity index is 0.000000582. The van der Waals surface area contributed by atoms with E-state index in [1.54, 1.807) is 6.92 Å². The first-order chi connectivity index (χ1) is 15.1. The summed E-state index contributed by atoms with van der Waals surface area (Å²) in [6.45, 7) is 3.33. The normalized spacial score (nSPS) is 13.7. The van der Waals surface area contributed by atoms with E-state index in [-0.39, 0.29) is 17.7 Å². The van der Waals surface area contributed by atoms with E-state index < -0.39 is 41.5 Å². The molecule has 180 valence electrons. The maximum absolute atomic E-state index is 12.9. The van der Waals surface area contributed by atoms with Crippen LogP contribution in [0, 0.1) is 0 Å². The van der Waals surface area contributed by atoms with Crippen molar-refractivity contribution in [2.45, 2.75) is 38.3 Å². The molecule has 0 bridgehead atoms. The first kappa shape index (κ1) is 27.7. The molecule has 0 aliphatic carbocycles. The second kappa shape index (κ2) is 11.5. The number of carboxylic acids is 2. The monoisotopic (exact) mass is 477 g/mol. The smallest absolute Gasteiger partial charge is 0.416 e. The van der Waals surface area contributed by atoms with Crippen LogP contribution in [-0.4, -0.2) is 22.2 Å². The minimum atomic E-state index is -4.85. The van der Waals surface area contributed by atoms with Crippen LogP contribution in [0.25, 0.3) is 0 Å². The summed E-state index contributed by atoms with van der Waals surface area (Å²) >= 11 is 0. The predicted octanol–water partition coefficient (Wildman–Crippen LogP) is 5.85. The molecule has 2 aromatic rings. The molecule has 33 heavy (non-hydrogen) atoms. The van der Waals surface area contributed by atoms with Crippen molar-refractivity contribution in [3.63, 3.8) is 0 Å². The van der Waals surface area contributed by atoms with Gasteiger partial charge < -0.3 is 15.5 Å². The van der Waals surface area contributed by atoms with Crippen molar-refractivity contribution in [1.29, 1.82) is 0 Å². The van der Waals surface area contributed by atoms with Crippen molar-refractivity contribution in [1.82, 2.24) is 5.32 Å². The van der Waals surface area contributed by atoms with Gasteiger partial charge in [-0.1, -0.05) is 30.3 Å². The van der Waals surface area contributed by atoms with Crippen LogP contribution >= 0.6 is 0 Å². The van der Waals surface area contributed by atoms with Crippen LogP contribution in [0.3, 0.4) is 0 Å². The topological polar surface area (TPSA) is 86.6 Å². The minimum Gasteiger partial charge on any atom is -0.478 e. The van der Waals surface area contributed by atoms with Gasteiger partial charge in [-0.25, -0.2) is 9.59 Å². The van der Waals surface area contributed by atoms with Gasteiger partial charge in [-0.15, -0.1) is 0 Å². The summed E-state index contributed by atoms with van der Waals surface area (Å²) in [7, 11) is 0. The van der Waals surface area contributed by atoms with Crippen molar-refractivity contribution in [3.8, 4) is 0 Å². The molecule has 2 rings (SSSR count). The van der Waals surface area contributed by atoms with E-state index in [2.05, 4.69) is 5.32 Å². The molecule has 0 saturated heterocycles. The number of halogens is 6. The molecule has 0 radical (unpaired) electrons. The van der Waals surface area contributed by atoms with Gasteiger partial charge in [-0.3, -0.25) is 0 Å². The molecule has 0 aromatic heterocycles. The lowest BCUT2D eigenvalue weighted by molar-refractivity contribution is -0.143. The van der Waals surface area contributed by atoms with Crippen molar-refractivity contribution in [2.75, 3.05) is 0 Å². The quantitative estimate of drug-likeness (QED) is 0.359. The van der Waals surface area contributed by atoms with E-state index in [0.717, 1.165) is 17.7 Å². The summed E-state index contributed by atoms with van der Waals surface area (Å²) in [5, 5.41) is 18.7. The van der Waals surface area contributed by atoms with E-state index in [4.69, 9.17) is 10.2 Å². The molecule has 0 fully saturated rings. The maximum atomic E-state index is 12.9. The van der Waals surface area contributed by atoms with Gasteiger partial charge in [0.05, 0.1) is 11.1 Å². The van der Waals surface area contributed by atoms with Gasteiger partial charge in [-0.05, 0) is 43.2 Å². The van der Waals surface area contributed by atoms with Crippen molar-refractivity contribution >= 4 is 11.9 Å². The van der Waals surface area contributed by atoms with Crippen molar-refractivity contribution < 1.29 is 46.1 Å². The molecular formula is C22H21F6NO4. The third-order valence-electron chi connectivity index (χ3n) is 4.28. The number of aliphatic carboxylic acids is 2. The Morgan fingerprint density at radius 2 is 1.15 bits per heavy atom. The fraction of sp³-hybridized carbons (Fsp3) is 0.273. The Morgan fingerprint density at radius 3 is 1.52 bits per heavy atom. The zero-order valence-electron chi connectivity index (χ0n) is 17.4. The number of carboxylic acid groups (broad SMARTS) is 2. The highest BCUT2D eigenvalue weighted by Crippen LogP contribution is 2.37. The zero-order chi connectivity index (χ0) is 25.4. The SMILES string of the molecule is CC(NC(C)c1cc(C(F)(F)F)cc(C(F)(F)F)c1)c1ccccc1.O=C(O)/C=C/C(=O)O. The maximum Gasteiger partial charge on any atom is 0.416 e. The molecule has 2 aromatic carbocycles. The average Bonchev–Trinajstić information content (AvgIpc) is 2.71. The molecule has 2 unspecified atom stereocenters. The van der Waals surface area contributed by atoms with E-state index in [0.29, 0.717) is 12.2 Å². The van der Waals surface area contributed by atoms with Crippen molar-refractivity contribution in [3.05, 3.63) is 82.9 Å². The van der Waals surface area contributed by atoms with E-state index in [1.807, 2.05) is 30.3 Å². The van der Waals surface area contributed by atoms with Crippen LogP contribution in [0.15, 0.2) is 60.7 Å². The summed E-state index contributed by atoms with van der Waals surface area (Å²) in [4.78, 5) is 19.1. The standard InChI is InChI=1S/C18H17F6N.C4H4O4/c1-11(13-6-4-3-5-7-13)25-12(2)14-8-15(17(19,20)21)10-16(9-14)18(22,23)24;5-3(6)1-2-4(7)8/h3-12,25H,1-2H3;1-2H,(H,5,6)(H,7,8)/b;2-1+. The Kier molecular flexibility index (Phi) is 9.65. The molecule has 0 saturated carbocycles. The number of alkyl halides is 6. The molecule has 0 amide bonds. The Morgan fingerprint density at radius 1 is 0.758 bits per heavy atom. The van der Waals surface area contributed by atoms with E-state index >= 15 is 0 Å². The number of carbonyl (C=O) groups is 2. The van der Waals surface area contributed by atoms with Crippen molar-refractivity contribution in [2.24, 2.45) is 0 Å². The molecule has 0 aliphatic heterocycles. The highest BCUT2D eigenvalue weighted by molar-refractivity contribution is 5.89. The molecule has 3 N–H and O–H groups in total. The number of nitrogens with one attached hydrogen (secondary N) is 1. The lowest BCUT2D eigenvalue weighted by Gasteiger charge is -2.23. The van der Waals surface area contributed by atoms with Gasteiger partial charge >= 0.3 is 24.3 Å². The summed E-state index contributed by atoms with van der Waals surface area (Å²) < 4.78 is 77.6. The predicted molar refractivity (Wildman–Crippen MR) is 107 cm³/mol. The molecule has 0 spiro atoms. The number of hydrogen-bond acceptors (Lipinski definition) is 3. The van der Waals surface area contributed by atoms with Crippen LogP contribution in [0.4, 0.5) is 26.3 Å². The van der Waals surface area contributed by atoms with Gasteiger partial charge in [0, 0.05) is 24.2 Å². The fourth-order valence-corrected chi connectivity index (χ4v) is 2.68. The molecule has 2 atom stereocenters. The minimum absolute atomic E-state index is 0.0649. The summed E-state index contributed by atoms with van der Waals surface area (Å²) in [5.41, 5.74) is -1.79. The summed E-state index contributed by atoms with van der Waals surface area (Å²) in [6.07, 6.45) is -8.58. The lowest BCUT2D eigenvalue weighted by atomic mass is 9.99. The van der Waals surface area contributed by atoms with Crippen LogP contribution in [0.2, 0.25) is 0 Å². The third-order valence-corrected chi connectivity index (χ3v) is 4.28. The van der Waals surface area contributed by atoms with Crippen LogP contribution in [0.1, 0.15) is 48.2 Å². The van der Waals surface area contributed by atoms with Gasteiger partial charge in [0.15, 0.2) is 0 Å². The number of hydrogen-bond donors (Lipinski definition) is 3. The molecule has 0 aliphatic rings. The first-order valence-electron chi connectivity index (χ1n) is 9.35. The van der Waals surface area contributed by atoms with Gasteiger partial charge in [-0.2, -0.15) is 26.3 Å². The largest absolute Gasteiger partial charge is 0.478 e. The second-order valence-electron chi connectivity index (χ2n) is 6.87.